The van der Waals surface area contributed by atoms with Crippen LogP contribution in [0.4, 0.5) is 0 Å². The smallest absolute Gasteiger partial charge is 1.00 e. The van der Waals surface area contributed by atoms with Gasteiger partial charge in [-0.1, -0.05) is 109 Å². The van der Waals surface area contributed by atoms with Crippen LogP contribution >= 0.6 is 0 Å². The number of fused-ring (bicyclic) bond motifs is 2. The number of benzene rings is 2. The maximum atomic E-state index is 2.43. The first-order valence-electron chi connectivity index (χ1n) is 13.2. The number of hydrogen-bond acceptors (Lipinski definition) is 0. The van der Waals surface area contributed by atoms with Crippen LogP contribution in [0.2, 0.25) is 13.1 Å². The molecule has 0 aromatic heterocycles. The van der Waals surface area contributed by atoms with E-state index in [2.05, 4.69) is 117 Å². The molecule has 5 rings (SSSR count). The van der Waals surface area contributed by atoms with Gasteiger partial charge in [0.15, 0.2) is 0 Å². The minimum atomic E-state index is 0. The van der Waals surface area contributed by atoms with E-state index >= 15 is 0 Å². The van der Waals surface area contributed by atoms with E-state index < -0.39 is 0 Å². The summed E-state index contributed by atoms with van der Waals surface area (Å²) in [4.78, 5) is 0. The van der Waals surface area contributed by atoms with Gasteiger partial charge in [-0.25, -0.2) is 0 Å². The summed E-state index contributed by atoms with van der Waals surface area (Å²) in [6.45, 7) is 22.1. The van der Waals surface area contributed by atoms with E-state index in [0.717, 1.165) is 9.52 Å². The van der Waals surface area contributed by atoms with Crippen molar-refractivity contribution in [1.82, 2.24) is 0 Å². The van der Waals surface area contributed by atoms with Crippen LogP contribution in [0.1, 0.15) is 71.7 Å². The van der Waals surface area contributed by atoms with Gasteiger partial charge in [-0.15, -0.1) is 28.5 Å². The molecule has 0 aliphatic heterocycles. The van der Waals surface area contributed by atoms with Crippen molar-refractivity contribution in [3.05, 3.63) is 93.0 Å². The van der Waals surface area contributed by atoms with Crippen LogP contribution in [0.15, 0.2) is 48.5 Å². The fourth-order valence-electron chi connectivity index (χ4n) is 5.17. The Bertz CT molecular complexity index is 1260. The summed E-state index contributed by atoms with van der Waals surface area (Å²) in [6.07, 6.45) is 3.77. The molecule has 1 aliphatic rings. The van der Waals surface area contributed by atoms with E-state index in [9.17, 15) is 0 Å². The van der Waals surface area contributed by atoms with Crippen molar-refractivity contribution in [3.8, 4) is 11.1 Å². The first-order chi connectivity index (χ1) is 16.5. The molecule has 4 aromatic rings. The van der Waals surface area contributed by atoms with Crippen LogP contribution in [0.5, 0.6) is 0 Å². The largest absolute Gasteiger partial charge is 4.00 e. The Kier molecular flexibility index (Phi) is 15.4. The Morgan fingerprint density at radius 2 is 1.29 bits per heavy atom. The topological polar surface area (TPSA) is 0 Å². The molecule has 0 N–H and O–H groups in total. The van der Waals surface area contributed by atoms with Gasteiger partial charge < -0.3 is 24.8 Å². The second kappa shape index (κ2) is 15.8. The van der Waals surface area contributed by atoms with Crippen LogP contribution in [0.25, 0.3) is 21.9 Å². The van der Waals surface area contributed by atoms with Crippen molar-refractivity contribution < 1.29 is 51.0 Å². The number of rotatable bonds is 1. The molecule has 0 nitrogen and oxygen atoms in total. The van der Waals surface area contributed by atoms with E-state index in [-0.39, 0.29) is 56.4 Å². The zero-order valence-electron chi connectivity index (χ0n) is 25.1. The van der Waals surface area contributed by atoms with Gasteiger partial charge in [-0.2, -0.15) is 34.4 Å². The van der Waals surface area contributed by atoms with E-state index in [0.29, 0.717) is 0 Å². The average molecular weight is 644 g/mol. The van der Waals surface area contributed by atoms with Crippen molar-refractivity contribution in [2.75, 3.05) is 0 Å². The molecule has 0 unspecified atom stereocenters. The zero-order chi connectivity index (χ0) is 25.9. The molecule has 0 atom stereocenters. The third kappa shape index (κ3) is 8.54. The molecule has 0 saturated carbocycles. The average Bonchev–Trinajstić information content (AvgIpc) is 3.46. The minimum Gasteiger partial charge on any atom is -1.00 e. The minimum absolute atomic E-state index is 0. The van der Waals surface area contributed by atoms with Crippen molar-refractivity contribution in [3.63, 3.8) is 0 Å². The number of halogens is 2. The summed E-state index contributed by atoms with van der Waals surface area (Å²) >= 11 is 0. The Morgan fingerprint density at radius 1 is 0.763 bits per heavy atom. The third-order valence-electron chi connectivity index (χ3n) is 7.45. The summed E-state index contributed by atoms with van der Waals surface area (Å²) < 4.78 is 0. The fourth-order valence-corrected chi connectivity index (χ4v) is 5.17. The standard InChI is InChI=1S/C23H25.C9H13.C2H7Si.2ClH.Zr/c1-15-12-18-14-17-6-5-7-20(17)22(21(18)13-15)16-8-10-19(11-9-16)23(2,3)4;1-6-5-7(2)9(4)8(6)3;1-3-2;;;/h8-14H,5-7H2,1-4H3;5H,1-4H3;3H,1-2H3;2*1H;/q2*-1;;;;+4/p-2. The quantitative estimate of drug-likeness (QED) is 0.220. The molecule has 1 radical (unpaired) electrons. The molecule has 0 fully saturated rings. The van der Waals surface area contributed by atoms with E-state index in [1.807, 2.05) is 0 Å². The monoisotopic (exact) mass is 641 g/mol. The van der Waals surface area contributed by atoms with Gasteiger partial charge in [0.2, 0.25) is 0 Å². The van der Waals surface area contributed by atoms with Gasteiger partial charge in [-0.05, 0) is 35.8 Å². The van der Waals surface area contributed by atoms with Crippen molar-refractivity contribution in [2.45, 2.75) is 93.2 Å². The van der Waals surface area contributed by atoms with Gasteiger partial charge in [0.05, 0.1) is 0 Å². The summed E-state index contributed by atoms with van der Waals surface area (Å²) in [5.74, 6) is 0. The maximum absolute atomic E-state index is 2.43. The number of hydrogen-bond donors (Lipinski definition) is 0. The molecule has 1 aliphatic carbocycles. The summed E-state index contributed by atoms with van der Waals surface area (Å²) in [5, 5.41) is 2.85. The molecule has 0 saturated heterocycles. The van der Waals surface area contributed by atoms with Gasteiger partial charge >= 0.3 is 26.2 Å². The molecule has 4 heteroatoms. The molecule has 0 heterocycles. The van der Waals surface area contributed by atoms with E-state index in [1.54, 1.807) is 11.1 Å². The molecular formula is C34H45Cl2SiZr. The predicted molar refractivity (Wildman–Crippen MR) is 160 cm³/mol. The van der Waals surface area contributed by atoms with Gasteiger partial charge in [0, 0.05) is 9.52 Å². The van der Waals surface area contributed by atoms with Crippen LogP contribution in [-0.4, -0.2) is 9.52 Å². The van der Waals surface area contributed by atoms with Gasteiger partial charge in [0.1, 0.15) is 0 Å². The normalized spacial score (nSPS) is 11.6. The zero-order valence-corrected chi connectivity index (χ0v) is 30.2. The van der Waals surface area contributed by atoms with Crippen molar-refractivity contribution in [1.29, 1.82) is 0 Å². The first-order valence-corrected chi connectivity index (χ1v) is 15.6. The Balaban J connectivity index is 0.000000777. The summed E-state index contributed by atoms with van der Waals surface area (Å²) in [7, 11) is 0.750. The van der Waals surface area contributed by atoms with Crippen LogP contribution in [0, 0.1) is 34.6 Å². The summed E-state index contributed by atoms with van der Waals surface area (Å²) in [5.41, 5.74) is 14.8. The Morgan fingerprint density at radius 3 is 1.74 bits per heavy atom. The Hall–Kier alpha value is -0.920. The number of aryl methyl sites for hydroxylation is 4. The van der Waals surface area contributed by atoms with Crippen LogP contribution < -0.4 is 24.8 Å². The predicted octanol–water partition coefficient (Wildman–Crippen LogP) is 3.48. The van der Waals surface area contributed by atoms with Crippen LogP contribution in [-0.2, 0) is 44.5 Å². The van der Waals surface area contributed by atoms with Gasteiger partial charge in [0.25, 0.3) is 0 Å². The first kappa shape index (κ1) is 37.1. The molecule has 38 heavy (non-hydrogen) atoms. The molecule has 0 spiro atoms. The molecule has 0 bridgehead atoms. The second-order valence-corrected chi connectivity index (χ2v) is 12.6. The van der Waals surface area contributed by atoms with Gasteiger partial charge in [-0.3, -0.25) is 0 Å². The molecule has 203 valence electrons. The second-order valence-electron chi connectivity index (χ2n) is 11.4. The SMILES string of the molecule is C[SiH]C.Cc1[cH-]c(C)c(C)c1C.Cc1cc2c(-c3ccc(C(C)(C)C)cc3)c3c(cc2[cH-]1)CCC3.[Cl-].[Cl-].[Zr+4]. The summed E-state index contributed by atoms with van der Waals surface area (Å²) in [6, 6.07) is 18.6. The molecule has 0 amide bonds. The molecular weight excluding hydrogens is 599 g/mol. The van der Waals surface area contributed by atoms with Crippen molar-refractivity contribution in [2.24, 2.45) is 0 Å². The fraction of sp³-hybridized carbons (Fsp3) is 0.412. The Labute approximate surface area is 266 Å². The van der Waals surface area contributed by atoms with Crippen LogP contribution in [0.3, 0.4) is 0 Å². The third-order valence-corrected chi connectivity index (χ3v) is 7.45. The van der Waals surface area contributed by atoms with E-state index in [1.165, 1.54) is 74.5 Å². The maximum Gasteiger partial charge on any atom is 4.00 e. The molecule has 4 aromatic carbocycles. The van der Waals surface area contributed by atoms with E-state index in [4.69, 9.17) is 0 Å². The van der Waals surface area contributed by atoms with Crippen molar-refractivity contribution >= 4 is 20.3 Å².